The molecule has 0 fully saturated rings. The van der Waals surface area contributed by atoms with E-state index in [0.29, 0.717) is 13.1 Å². The van der Waals surface area contributed by atoms with Gasteiger partial charge < -0.3 is 15.2 Å². The summed E-state index contributed by atoms with van der Waals surface area (Å²) < 4.78 is 0. The van der Waals surface area contributed by atoms with Gasteiger partial charge in [0.2, 0.25) is 0 Å². The monoisotopic (exact) mass is 204 g/mol. The predicted molar refractivity (Wildman–Crippen MR) is 57.4 cm³/mol. The maximum absolute atomic E-state index is 9.88. The van der Waals surface area contributed by atoms with Crippen molar-refractivity contribution < 1.29 is 10.3 Å². The molecular weight excluding hydrogens is 180 g/mol. The van der Waals surface area contributed by atoms with E-state index in [1.165, 1.54) is 0 Å². The molecule has 86 valence electrons. The second kappa shape index (κ2) is 7.17. The van der Waals surface area contributed by atoms with E-state index >= 15 is 0 Å². The molecule has 0 aromatic carbocycles. The third-order valence-corrected chi connectivity index (χ3v) is 2.25. The van der Waals surface area contributed by atoms with E-state index in [4.69, 9.17) is 5.21 Å². The summed E-state index contributed by atoms with van der Waals surface area (Å²) in [5.41, 5.74) is 0. The number of aliphatic hydroxyl groups is 1. The molecule has 4 heteroatoms. The lowest BCUT2D eigenvalue weighted by Crippen LogP contribution is -2.37. The molecule has 0 bridgehead atoms. The lowest BCUT2D eigenvalue weighted by molar-refractivity contribution is -0.0917. The van der Waals surface area contributed by atoms with Crippen LogP contribution in [0.3, 0.4) is 0 Å². The van der Waals surface area contributed by atoms with E-state index in [9.17, 15) is 5.11 Å². The summed E-state index contributed by atoms with van der Waals surface area (Å²) in [5, 5.41) is 20.2. The molecule has 4 nitrogen and oxygen atoms in total. The Balaban J connectivity index is 4.03. The Hall–Kier alpha value is -0.160. The van der Waals surface area contributed by atoms with Crippen LogP contribution in [0.25, 0.3) is 0 Å². The maximum atomic E-state index is 9.88. The quantitative estimate of drug-likeness (QED) is 0.598. The van der Waals surface area contributed by atoms with Crippen molar-refractivity contribution >= 4 is 0 Å². The summed E-state index contributed by atoms with van der Waals surface area (Å²) in [6.07, 6.45) is 1.61. The number of hydrogen-bond acceptors (Lipinski definition) is 4. The van der Waals surface area contributed by atoms with Crippen LogP contribution in [0.2, 0.25) is 0 Å². The lowest BCUT2D eigenvalue weighted by atomic mass is 9.96. The van der Waals surface area contributed by atoms with Crippen molar-refractivity contribution in [2.75, 3.05) is 34.2 Å². The number of nitrogens with zero attached hydrogens (tertiary/aromatic N) is 2. The number of hydrogen-bond donors (Lipinski definition) is 2. The molecule has 0 heterocycles. The molecule has 14 heavy (non-hydrogen) atoms. The average Bonchev–Trinajstić information content (AvgIpc) is 2.01. The second-order valence-electron chi connectivity index (χ2n) is 4.22. The highest BCUT2D eigenvalue weighted by molar-refractivity contribution is 4.71. The normalized spacial score (nSPS) is 16.3. The first-order chi connectivity index (χ1) is 6.47. The molecule has 2 unspecified atom stereocenters. The fourth-order valence-electron chi connectivity index (χ4n) is 1.64. The summed E-state index contributed by atoms with van der Waals surface area (Å²) in [4.78, 5) is 1.96. The third kappa shape index (κ3) is 6.32. The Morgan fingerprint density at radius 3 is 2.07 bits per heavy atom. The van der Waals surface area contributed by atoms with E-state index in [2.05, 4.69) is 6.92 Å². The Bertz CT molecular complexity index is 140. The fraction of sp³-hybridized carbons (Fsp3) is 1.00. The van der Waals surface area contributed by atoms with Crippen LogP contribution >= 0.6 is 0 Å². The Morgan fingerprint density at radius 2 is 1.71 bits per heavy atom. The molecule has 2 atom stereocenters. The van der Waals surface area contributed by atoms with Gasteiger partial charge in [-0.05, 0) is 20.5 Å². The molecule has 0 spiro atoms. The SMILES string of the molecule is CCCC(CN(C)O)C(O)CN(C)C. The molecular formula is C10H24N2O2. The summed E-state index contributed by atoms with van der Waals surface area (Å²) in [7, 11) is 5.49. The topological polar surface area (TPSA) is 46.9 Å². The van der Waals surface area contributed by atoms with E-state index < -0.39 is 0 Å². The van der Waals surface area contributed by atoms with Gasteiger partial charge in [-0.3, -0.25) is 0 Å². The highest BCUT2D eigenvalue weighted by Gasteiger charge is 2.20. The van der Waals surface area contributed by atoms with Crippen molar-refractivity contribution in [3.8, 4) is 0 Å². The van der Waals surface area contributed by atoms with Gasteiger partial charge in [0.15, 0.2) is 0 Å². The van der Waals surface area contributed by atoms with E-state index in [-0.39, 0.29) is 12.0 Å². The van der Waals surface area contributed by atoms with Gasteiger partial charge in [0.05, 0.1) is 6.10 Å². The van der Waals surface area contributed by atoms with Crippen LogP contribution < -0.4 is 0 Å². The first-order valence-electron chi connectivity index (χ1n) is 5.20. The van der Waals surface area contributed by atoms with E-state index in [1.807, 2.05) is 19.0 Å². The molecule has 0 aliphatic heterocycles. The molecule has 0 amide bonds. The Kier molecular flexibility index (Phi) is 7.09. The van der Waals surface area contributed by atoms with Crippen LogP contribution in [0.15, 0.2) is 0 Å². The molecule has 0 saturated heterocycles. The van der Waals surface area contributed by atoms with Gasteiger partial charge in [0.25, 0.3) is 0 Å². The second-order valence-corrected chi connectivity index (χ2v) is 4.22. The van der Waals surface area contributed by atoms with Gasteiger partial charge in [-0.1, -0.05) is 13.3 Å². The molecule has 0 aliphatic rings. The van der Waals surface area contributed by atoms with Crippen molar-refractivity contribution in [3.63, 3.8) is 0 Å². The number of rotatable bonds is 7. The van der Waals surface area contributed by atoms with Gasteiger partial charge >= 0.3 is 0 Å². The fourth-order valence-corrected chi connectivity index (χ4v) is 1.64. The van der Waals surface area contributed by atoms with Crippen LogP contribution in [0.5, 0.6) is 0 Å². The van der Waals surface area contributed by atoms with Gasteiger partial charge in [-0.2, -0.15) is 5.06 Å². The zero-order valence-corrected chi connectivity index (χ0v) is 9.77. The van der Waals surface area contributed by atoms with Crippen molar-refractivity contribution in [3.05, 3.63) is 0 Å². The van der Waals surface area contributed by atoms with Gasteiger partial charge in [0.1, 0.15) is 0 Å². The largest absolute Gasteiger partial charge is 0.391 e. The van der Waals surface area contributed by atoms with Gasteiger partial charge in [-0.15, -0.1) is 0 Å². The van der Waals surface area contributed by atoms with Crippen LogP contribution in [0, 0.1) is 5.92 Å². The highest BCUT2D eigenvalue weighted by atomic mass is 16.5. The standard InChI is InChI=1S/C10H24N2O2/c1-5-6-9(7-12(4)14)10(13)8-11(2)3/h9-10,13-14H,5-8H2,1-4H3. The van der Waals surface area contributed by atoms with Crippen molar-refractivity contribution in [1.29, 1.82) is 0 Å². The van der Waals surface area contributed by atoms with Crippen molar-refractivity contribution in [2.24, 2.45) is 5.92 Å². The maximum Gasteiger partial charge on any atom is 0.0708 e. The number of aliphatic hydroxyl groups excluding tert-OH is 1. The lowest BCUT2D eigenvalue weighted by Gasteiger charge is -2.26. The first kappa shape index (κ1) is 13.8. The minimum absolute atomic E-state index is 0.150. The predicted octanol–water partition coefficient (Wildman–Crippen LogP) is 0.646. The van der Waals surface area contributed by atoms with Crippen molar-refractivity contribution in [2.45, 2.75) is 25.9 Å². The van der Waals surface area contributed by atoms with Crippen LogP contribution in [-0.2, 0) is 0 Å². The third-order valence-electron chi connectivity index (χ3n) is 2.25. The van der Waals surface area contributed by atoms with Crippen LogP contribution in [0.1, 0.15) is 19.8 Å². The summed E-state index contributed by atoms with van der Waals surface area (Å²) in [6.45, 7) is 3.27. The first-order valence-corrected chi connectivity index (χ1v) is 5.20. The van der Waals surface area contributed by atoms with Gasteiger partial charge in [0, 0.05) is 26.1 Å². The summed E-state index contributed by atoms with van der Waals surface area (Å²) in [6, 6.07) is 0. The zero-order valence-electron chi connectivity index (χ0n) is 9.77. The molecule has 0 rings (SSSR count). The molecule has 0 aliphatic carbocycles. The Morgan fingerprint density at radius 1 is 1.14 bits per heavy atom. The van der Waals surface area contributed by atoms with Gasteiger partial charge in [-0.25, -0.2) is 0 Å². The van der Waals surface area contributed by atoms with E-state index in [0.717, 1.165) is 17.9 Å². The number of hydroxylamine groups is 2. The zero-order chi connectivity index (χ0) is 11.1. The molecule has 2 N–H and O–H groups in total. The molecule has 0 aromatic heterocycles. The van der Waals surface area contributed by atoms with E-state index in [1.54, 1.807) is 7.05 Å². The summed E-state index contributed by atoms with van der Waals surface area (Å²) >= 11 is 0. The smallest absolute Gasteiger partial charge is 0.0708 e. The minimum atomic E-state index is -0.362. The average molecular weight is 204 g/mol. The molecule has 0 saturated carbocycles. The molecule has 0 aromatic rings. The highest BCUT2D eigenvalue weighted by Crippen LogP contribution is 2.13. The number of likely N-dealkylation sites (N-methyl/N-ethyl adjacent to an activating group) is 1. The van der Waals surface area contributed by atoms with Crippen molar-refractivity contribution in [1.82, 2.24) is 9.96 Å². The van der Waals surface area contributed by atoms with Crippen LogP contribution in [-0.4, -0.2) is 60.6 Å². The Labute approximate surface area is 87.1 Å². The summed E-state index contributed by atoms with van der Waals surface area (Å²) in [5.74, 6) is 0.150. The minimum Gasteiger partial charge on any atom is -0.391 e. The van der Waals surface area contributed by atoms with Crippen LogP contribution in [0.4, 0.5) is 0 Å². The molecule has 0 radical (unpaired) electrons.